The van der Waals surface area contributed by atoms with Crippen molar-refractivity contribution in [2.45, 2.75) is 24.8 Å². The fourth-order valence-corrected chi connectivity index (χ4v) is 4.70. The molecule has 1 unspecified atom stereocenters. The Labute approximate surface area is 122 Å². The van der Waals surface area contributed by atoms with Gasteiger partial charge in [0.2, 0.25) is 0 Å². The van der Waals surface area contributed by atoms with E-state index in [9.17, 15) is 8.42 Å². The van der Waals surface area contributed by atoms with Gasteiger partial charge in [0, 0.05) is 19.1 Å². The Morgan fingerprint density at radius 1 is 1.30 bits per heavy atom. The minimum atomic E-state index is -3.12. The van der Waals surface area contributed by atoms with Crippen LogP contribution in [0.1, 0.15) is 25.5 Å². The number of nitrogens with zero attached hydrogens (tertiary/aromatic N) is 1. The van der Waals surface area contributed by atoms with Gasteiger partial charge in [0.1, 0.15) is 0 Å². The molecule has 0 saturated carbocycles. The molecule has 1 heterocycles. The van der Waals surface area contributed by atoms with Gasteiger partial charge in [-0.15, -0.1) is 0 Å². The maximum atomic E-state index is 12.1. The highest BCUT2D eigenvalue weighted by atomic mass is 32.2. The van der Waals surface area contributed by atoms with Crippen LogP contribution in [-0.4, -0.2) is 46.3 Å². The molecule has 20 heavy (non-hydrogen) atoms. The van der Waals surface area contributed by atoms with Crippen LogP contribution in [0, 0.1) is 5.41 Å². The standard InChI is InChI=1S/C15H24N2O2S/c1-15(2,11-17(3)4)10-16-13-9-20(18,19)14-8-6-5-7-12(13)14/h5-8,13,16H,9-11H2,1-4H3. The average molecular weight is 296 g/mol. The third kappa shape index (κ3) is 3.40. The number of sulfone groups is 1. The molecule has 0 amide bonds. The number of hydrogen-bond acceptors (Lipinski definition) is 4. The van der Waals surface area contributed by atoms with E-state index in [1.165, 1.54) is 0 Å². The van der Waals surface area contributed by atoms with Gasteiger partial charge in [-0.05, 0) is 31.1 Å². The van der Waals surface area contributed by atoms with Gasteiger partial charge in [0.25, 0.3) is 0 Å². The van der Waals surface area contributed by atoms with E-state index in [0.29, 0.717) is 4.90 Å². The topological polar surface area (TPSA) is 49.4 Å². The molecule has 1 aliphatic heterocycles. The Morgan fingerprint density at radius 2 is 1.95 bits per heavy atom. The number of hydrogen-bond donors (Lipinski definition) is 1. The highest BCUT2D eigenvalue weighted by Gasteiger charge is 2.34. The molecule has 1 aliphatic rings. The molecule has 4 nitrogen and oxygen atoms in total. The van der Waals surface area contributed by atoms with E-state index >= 15 is 0 Å². The van der Waals surface area contributed by atoms with E-state index < -0.39 is 9.84 Å². The van der Waals surface area contributed by atoms with Gasteiger partial charge in [0.05, 0.1) is 10.6 Å². The maximum absolute atomic E-state index is 12.1. The Morgan fingerprint density at radius 3 is 2.60 bits per heavy atom. The van der Waals surface area contributed by atoms with Crippen molar-refractivity contribution in [2.75, 3.05) is 32.9 Å². The van der Waals surface area contributed by atoms with Gasteiger partial charge >= 0.3 is 0 Å². The lowest BCUT2D eigenvalue weighted by molar-refractivity contribution is 0.227. The molecule has 0 spiro atoms. The molecule has 1 aromatic carbocycles. The van der Waals surface area contributed by atoms with E-state index in [1.54, 1.807) is 12.1 Å². The molecular weight excluding hydrogens is 272 g/mol. The van der Waals surface area contributed by atoms with Crippen LogP contribution in [-0.2, 0) is 9.84 Å². The first kappa shape index (κ1) is 15.5. The van der Waals surface area contributed by atoms with E-state index in [4.69, 9.17) is 0 Å². The molecule has 2 rings (SSSR count). The molecule has 5 heteroatoms. The second-order valence-electron chi connectivity index (χ2n) is 6.65. The van der Waals surface area contributed by atoms with E-state index in [0.717, 1.165) is 18.7 Å². The minimum absolute atomic E-state index is 0.0855. The summed E-state index contributed by atoms with van der Waals surface area (Å²) in [6, 6.07) is 7.22. The smallest absolute Gasteiger partial charge is 0.180 e. The highest BCUT2D eigenvalue weighted by molar-refractivity contribution is 7.91. The SMILES string of the molecule is CN(C)CC(C)(C)CNC1CS(=O)(=O)c2ccccc21. The van der Waals surface area contributed by atoms with Crippen molar-refractivity contribution in [3.8, 4) is 0 Å². The summed E-state index contributed by atoms with van der Waals surface area (Å²) in [6.07, 6.45) is 0. The van der Waals surface area contributed by atoms with Gasteiger partial charge in [-0.25, -0.2) is 8.42 Å². The van der Waals surface area contributed by atoms with Gasteiger partial charge in [-0.1, -0.05) is 32.0 Å². The van der Waals surface area contributed by atoms with Crippen molar-refractivity contribution in [1.82, 2.24) is 10.2 Å². The molecule has 0 fully saturated rings. The van der Waals surface area contributed by atoms with E-state index in [1.807, 2.05) is 12.1 Å². The van der Waals surface area contributed by atoms with Crippen molar-refractivity contribution >= 4 is 9.84 Å². The normalized spacial score (nSPS) is 21.1. The molecule has 1 aromatic rings. The zero-order valence-electron chi connectivity index (χ0n) is 12.7. The zero-order valence-corrected chi connectivity index (χ0v) is 13.5. The van der Waals surface area contributed by atoms with Crippen molar-refractivity contribution < 1.29 is 8.42 Å². The lowest BCUT2D eigenvalue weighted by Gasteiger charge is -2.30. The predicted octanol–water partition coefficient (Wildman–Crippen LogP) is 1.69. The fraction of sp³-hybridized carbons (Fsp3) is 0.600. The first-order valence-electron chi connectivity index (χ1n) is 6.91. The van der Waals surface area contributed by atoms with Crippen molar-refractivity contribution in [2.24, 2.45) is 5.41 Å². The Hall–Kier alpha value is -0.910. The van der Waals surface area contributed by atoms with E-state index in [-0.39, 0.29) is 17.2 Å². The highest BCUT2D eigenvalue weighted by Crippen LogP contribution is 2.33. The molecule has 0 aliphatic carbocycles. The molecule has 1 N–H and O–H groups in total. The molecule has 0 bridgehead atoms. The number of rotatable bonds is 5. The summed E-state index contributed by atoms with van der Waals surface area (Å²) in [5, 5.41) is 3.43. The number of nitrogens with one attached hydrogen (secondary N) is 1. The molecular formula is C15H24N2O2S. The fourth-order valence-electron chi connectivity index (χ4n) is 2.93. The molecule has 112 valence electrons. The zero-order chi connectivity index (χ0) is 15.0. The number of fused-ring (bicyclic) bond motifs is 1. The summed E-state index contributed by atoms with van der Waals surface area (Å²) in [4.78, 5) is 2.64. The van der Waals surface area contributed by atoms with Crippen LogP contribution in [0.4, 0.5) is 0 Å². The molecule has 0 saturated heterocycles. The van der Waals surface area contributed by atoms with Crippen molar-refractivity contribution in [3.63, 3.8) is 0 Å². The van der Waals surface area contributed by atoms with Crippen molar-refractivity contribution in [1.29, 1.82) is 0 Å². The van der Waals surface area contributed by atoms with Crippen LogP contribution in [0.2, 0.25) is 0 Å². The summed E-state index contributed by atoms with van der Waals surface area (Å²) >= 11 is 0. The first-order chi connectivity index (χ1) is 9.21. The second-order valence-corrected chi connectivity index (χ2v) is 8.66. The first-order valence-corrected chi connectivity index (χ1v) is 8.56. The quantitative estimate of drug-likeness (QED) is 0.898. The summed E-state index contributed by atoms with van der Waals surface area (Å²) in [6.45, 7) is 6.13. The van der Waals surface area contributed by atoms with Crippen LogP contribution in [0.5, 0.6) is 0 Å². The lowest BCUT2D eigenvalue weighted by atomic mass is 9.92. The van der Waals surface area contributed by atoms with E-state index in [2.05, 4.69) is 38.2 Å². The molecule has 1 atom stereocenters. The number of benzene rings is 1. The molecule has 0 radical (unpaired) electrons. The van der Waals surface area contributed by atoms with Crippen LogP contribution in [0.25, 0.3) is 0 Å². The lowest BCUT2D eigenvalue weighted by Crippen LogP contribution is -2.39. The summed E-state index contributed by atoms with van der Waals surface area (Å²) in [7, 11) is 0.987. The van der Waals surface area contributed by atoms with Gasteiger partial charge in [0.15, 0.2) is 9.84 Å². The molecule has 0 aromatic heterocycles. The van der Waals surface area contributed by atoms with Gasteiger partial charge in [-0.3, -0.25) is 0 Å². The second kappa shape index (κ2) is 5.47. The summed E-state index contributed by atoms with van der Waals surface area (Å²) in [5.41, 5.74) is 1.01. The Kier molecular flexibility index (Phi) is 4.23. The monoisotopic (exact) mass is 296 g/mol. The summed E-state index contributed by atoms with van der Waals surface area (Å²) < 4.78 is 24.2. The average Bonchev–Trinajstić information content (AvgIpc) is 2.58. The predicted molar refractivity (Wildman–Crippen MR) is 81.6 cm³/mol. The maximum Gasteiger partial charge on any atom is 0.180 e. The van der Waals surface area contributed by atoms with Crippen LogP contribution >= 0.6 is 0 Å². The van der Waals surface area contributed by atoms with Crippen molar-refractivity contribution in [3.05, 3.63) is 29.8 Å². The van der Waals surface area contributed by atoms with Crippen LogP contribution < -0.4 is 5.32 Å². The Bertz CT molecular complexity index is 579. The largest absolute Gasteiger partial charge is 0.309 e. The minimum Gasteiger partial charge on any atom is -0.309 e. The van der Waals surface area contributed by atoms with Gasteiger partial charge in [-0.2, -0.15) is 0 Å². The van der Waals surface area contributed by atoms with Gasteiger partial charge < -0.3 is 10.2 Å². The summed E-state index contributed by atoms with van der Waals surface area (Å²) in [5.74, 6) is 0.171. The Balaban J connectivity index is 2.10. The third-order valence-electron chi connectivity index (χ3n) is 3.59. The van der Waals surface area contributed by atoms with Crippen LogP contribution in [0.15, 0.2) is 29.2 Å². The van der Waals surface area contributed by atoms with Crippen LogP contribution in [0.3, 0.4) is 0 Å². The third-order valence-corrected chi connectivity index (χ3v) is 5.40.